The van der Waals surface area contributed by atoms with E-state index in [1.54, 1.807) is 0 Å². The average Bonchev–Trinajstić information content (AvgIpc) is 2.40. The topological polar surface area (TPSA) is 35.5 Å². The summed E-state index contributed by atoms with van der Waals surface area (Å²) in [5, 5.41) is 0. The molecule has 22 heavy (non-hydrogen) atoms. The van der Waals surface area contributed by atoms with Gasteiger partial charge in [0.05, 0.1) is 0 Å². The van der Waals surface area contributed by atoms with Gasteiger partial charge in [-0.1, -0.05) is 24.3 Å². The highest BCUT2D eigenvalue weighted by molar-refractivity contribution is 5.61. The molecule has 0 fully saturated rings. The van der Waals surface area contributed by atoms with Gasteiger partial charge in [0.2, 0.25) is 0 Å². The Morgan fingerprint density at radius 3 is 1.68 bits per heavy atom. The first-order chi connectivity index (χ1) is 10.5. The van der Waals surface area contributed by atoms with Crippen molar-refractivity contribution in [1.82, 2.24) is 0 Å². The van der Waals surface area contributed by atoms with E-state index in [1.165, 1.54) is 0 Å². The summed E-state index contributed by atoms with van der Waals surface area (Å²) in [4.78, 5) is 12.3. The Morgan fingerprint density at radius 2 is 1.23 bits per heavy atom. The lowest BCUT2D eigenvalue weighted by molar-refractivity contribution is -0.0751. The summed E-state index contributed by atoms with van der Waals surface area (Å²) >= 11 is 0. The predicted octanol–water partition coefficient (Wildman–Crippen LogP) is 5.70. The fourth-order valence-electron chi connectivity index (χ4n) is 3.24. The fourth-order valence-corrected chi connectivity index (χ4v) is 3.24. The molecule has 0 radical (unpaired) electrons. The van der Waals surface area contributed by atoms with Gasteiger partial charge < -0.3 is 9.47 Å². The van der Waals surface area contributed by atoms with Crippen LogP contribution in [0, 0.1) is 0 Å². The molecule has 2 unspecified atom stereocenters. The highest BCUT2D eigenvalue weighted by Crippen LogP contribution is 2.30. The molecule has 0 N–H and O–H groups in total. The molecule has 0 heterocycles. The van der Waals surface area contributed by atoms with Crippen LogP contribution < -0.4 is 0 Å². The molecule has 0 saturated carbocycles. The third kappa shape index (κ3) is 5.51. The zero-order valence-electron chi connectivity index (χ0n) is 14.1. The van der Waals surface area contributed by atoms with Crippen LogP contribution in [0.1, 0.15) is 78.1 Å². The highest BCUT2D eigenvalue weighted by Gasteiger charge is 2.33. The monoisotopic (exact) mass is 306 g/mol. The molecule has 0 aromatic carbocycles. The normalized spacial score (nSPS) is 36.1. The molecule has 0 spiro atoms. The first kappa shape index (κ1) is 17.1. The Balaban J connectivity index is 1.92. The number of rotatable bonds is 2. The van der Waals surface area contributed by atoms with Crippen molar-refractivity contribution in [2.24, 2.45) is 0 Å². The number of carbonyl (C=O) groups is 1. The molecule has 124 valence electrons. The van der Waals surface area contributed by atoms with Crippen molar-refractivity contribution in [2.45, 2.75) is 89.3 Å². The summed E-state index contributed by atoms with van der Waals surface area (Å²) in [7, 11) is 0. The molecule has 2 atom stereocenters. The summed E-state index contributed by atoms with van der Waals surface area (Å²) in [5.41, 5.74) is -0.857. The zero-order valence-corrected chi connectivity index (χ0v) is 14.1. The molecular weight excluding hydrogens is 276 g/mol. The van der Waals surface area contributed by atoms with E-state index in [0.717, 1.165) is 64.2 Å². The minimum absolute atomic E-state index is 0.429. The third-order valence-corrected chi connectivity index (χ3v) is 4.74. The van der Waals surface area contributed by atoms with Gasteiger partial charge in [-0.05, 0) is 65.2 Å². The minimum Gasteiger partial charge on any atom is -0.428 e. The SMILES string of the molecule is CC1(OC(=O)OC2(C)C/C=C\CCCC2)C/C=C\CCCC1. The van der Waals surface area contributed by atoms with E-state index >= 15 is 0 Å². The Morgan fingerprint density at radius 1 is 0.773 bits per heavy atom. The van der Waals surface area contributed by atoms with Crippen LogP contribution in [-0.2, 0) is 9.47 Å². The van der Waals surface area contributed by atoms with Crippen LogP contribution >= 0.6 is 0 Å². The largest absolute Gasteiger partial charge is 0.509 e. The molecule has 0 saturated heterocycles. The third-order valence-electron chi connectivity index (χ3n) is 4.74. The Labute approximate surface area is 134 Å². The smallest absolute Gasteiger partial charge is 0.428 e. The van der Waals surface area contributed by atoms with Crippen LogP contribution in [0.15, 0.2) is 24.3 Å². The summed E-state index contributed by atoms with van der Waals surface area (Å²) in [6, 6.07) is 0. The predicted molar refractivity (Wildman–Crippen MR) is 88.8 cm³/mol. The van der Waals surface area contributed by atoms with Gasteiger partial charge in [0.15, 0.2) is 0 Å². The molecule has 3 heteroatoms. The number of ether oxygens (including phenoxy) is 2. The Hall–Kier alpha value is -1.25. The maximum Gasteiger partial charge on any atom is 0.509 e. The first-order valence-electron chi connectivity index (χ1n) is 8.73. The second-order valence-electron chi connectivity index (χ2n) is 7.20. The van der Waals surface area contributed by atoms with Crippen molar-refractivity contribution >= 4 is 6.16 Å². The average molecular weight is 306 g/mol. The number of hydrogen-bond acceptors (Lipinski definition) is 3. The van der Waals surface area contributed by atoms with Crippen LogP contribution in [0.2, 0.25) is 0 Å². The van der Waals surface area contributed by atoms with Gasteiger partial charge in [0, 0.05) is 12.8 Å². The van der Waals surface area contributed by atoms with Gasteiger partial charge in [0.25, 0.3) is 0 Å². The summed E-state index contributed by atoms with van der Waals surface area (Å²) < 4.78 is 11.4. The van der Waals surface area contributed by atoms with Crippen LogP contribution in [-0.4, -0.2) is 17.4 Å². The maximum atomic E-state index is 12.3. The molecule has 0 aliphatic heterocycles. The van der Waals surface area contributed by atoms with E-state index in [9.17, 15) is 4.79 Å². The second kappa shape index (κ2) is 7.85. The molecule has 0 amide bonds. The standard InChI is InChI=1S/C19H30O3/c1-18(13-9-5-3-6-10-14-18)21-17(20)22-19(2)15-11-7-4-8-12-16-19/h5,7,9,11H,3-4,6,8,10,12-16H2,1-2H3/b9-5-,11-7-. The van der Waals surface area contributed by atoms with Crippen molar-refractivity contribution in [3.05, 3.63) is 24.3 Å². The van der Waals surface area contributed by atoms with Crippen molar-refractivity contribution in [3.8, 4) is 0 Å². The molecule has 0 aromatic rings. The Bertz CT molecular complexity index is 388. The van der Waals surface area contributed by atoms with Gasteiger partial charge >= 0.3 is 6.16 Å². The van der Waals surface area contributed by atoms with E-state index in [0.29, 0.717) is 0 Å². The fraction of sp³-hybridized carbons (Fsp3) is 0.737. The molecule has 3 nitrogen and oxygen atoms in total. The molecule has 2 rings (SSSR count). The van der Waals surface area contributed by atoms with E-state index in [2.05, 4.69) is 24.3 Å². The van der Waals surface area contributed by atoms with Crippen molar-refractivity contribution in [2.75, 3.05) is 0 Å². The van der Waals surface area contributed by atoms with Gasteiger partial charge in [-0.25, -0.2) is 4.79 Å². The van der Waals surface area contributed by atoms with Crippen LogP contribution in [0.3, 0.4) is 0 Å². The van der Waals surface area contributed by atoms with Crippen LogP contribution in [0.4, 0.5) is 4.79 Å². The summed E-state index contributed by atoms with van der Waals surface area (Å²) in [6.45, 7) is 4.04. The second-order valence-corrected chi connectivity index (χ2v) is 7.20. The summed E-state index contributed by atoms with van der Waals surface area (Å²) in [6.07, 6.45) is 18.3. The molecule has 2 aliphatic rings. The van der Waals surface area contributed by atoms with Gasteiger partial charge in [-0.2, -0.15) is 0 Å². The van der Waals surface area contributed by atoms with E-state index in [1.807, 2.05) is 13.8 Å². The van der Waals surface area contributed by atoms with Gasteiger partial charge in [-0.15, -0.1) is 0 Å². The minimum atomic E-state index is -0.507. The lowest BCUT2D eigenvalue weighted by Crippen LogP contribution is -2.37. The van der Waals surface area contributed by atoms with E-state index in [4.69, 9.17) is 9.47 Å². The van der Waals surface area contributed by atoms with Crippen molar-refractivity contribution in [3.63, 3.8) is 0 Å². The molecule has 0 aromatic heterocycles. The zero-order chi connectivity index (χ0) is 15.9. The lowest BCUT2D eigenvalue weighted by atomic mass is 9.91. The quantitative estimate of drug-likeness (QED) is 0.485. The molecular formula is C19H30O3. The van der Waals surface area contributed by atoms with Gasteiger partial charge in [0.1, 0.15) is 11.2 Å². The molecule has 0 bridgehead atoms. The number of hydrogen-bond donors (Lipinski definition) is 0. The number of allylic oxidation sites excluding steroid dienone is 2. The van der Waals surface area contributed by atoms with Crippen LogP contribution in [0.5, 0.6) is 0 Å². The maximum absolute atomic E-state index is 12.3. The number of carbonyl (C=O) groups excluding carboxylic acids is 1. The van der Waals surface area contributed by atoms with Crippen molar-refractivity contribution < 1.29 is 14.3 Å². The van der Waals surface area contributed by atoms with Gasteiger partial charge in [-0.3, -0.25) is 0 Å². The molecule has 2 aliphatic carbocycles. The van der Waals surface area contributed by atoms with Crippen molar-refractivity contribution in [1.29, 1.82) is 0 Å². The van der Waals surface area contributed by atoms with E-state index < -0.39 is 17.4 Å². The first-order valence-corrected chi connectivity index (χ1v) is 8.73. The highest BCUT2D eigenvalue weighted by atomic mass is 16.7. The Kier molecular flexibility index (Phi) is 6.10. The summed E-state index contributed by atoms with van der Waals surface area (Å²) in [5.74, 6) is 0. The lowest BCUT2D eigenvalue weighted by Gasteiger charge is -2.33. The van der Waals surface area contributed by atoms with Crippen LogP contribution in [0.25, 0.3) is 0 Å². The van der Waals surface area contributed by atoms with E-state index in [-0.39, 0.29) is 0 Å².